The van der Waals surface area contributed by atoms with E-state index in [0.717, 1.165) is 4.47 Å². The Hall–Kier alpha value is -1.60. The first-order chi connectivity index (χ1) is 10.4. The molecule has 0 unspecified atom stereocenters. The van der Waals surface area contributed by atoms with Crippen molar-refractivity contribution in [1.82, 2.24) is 5.32 Å². The summed E-state index contributed by atoms with van der Waals surface area (Å²) >= 11 is 3.32. The lowest BCUT2D eigenvalue weighted by Gasteiger charge is -2.19. The highest BCUT2D eigenvalue weighted by Crippen LogP contribution is 2.15. The first-order valence-corrected chi connectivity index (χ1v) is 7.92. The van der Waals surface area contributed by atoms with Crippen LogP contribution in [-0.4, -0.2) is 31.2 Å². The number of rotatable bonds is 7. The number of amides is 2. The molecule has 1 rings (SSSR count). The van der Waals surface area contributed by atoms with E-state index in [9.17, 15) is 9.59 Å². The maximum Gasteiger partial charge on any atom is 0.412 e. The molecule has 6 nitrogen and oxygen atoms in total. The molecule has 0 radical (unpaired) electrons. The highest BCUT2D eigenvalue weighted by Gasteiger charge is 2.23. The van der Waals surface area contributed by atoms with Gasteiger partial charge >= 0.3 is 6.09 Å². The second-order valence-corrected chi connectivity index (χ2v) is 6.15. The average Bonchev–Trinajstić information content (AvgIpc) is 2.46. The molecule has 0 bridgehead atoms. The van der Waals surface area contributed by atoms with Crippen LogP contribution >= 0.6 is 15.9 Å². The second kappa shape index (κ2) is 9.42. The zero-order valence-electron chi connectivity index (χ0n) is 12.8. The first-order valence-electron chi connectivity index (χ1n) is 7.13. The fourth-order valence-electron chi connectivity index (χ4n) is 1.76. The summed E-state index contributed by atoms with van der Waals surface area (Å²) in [5.74, 6) is -0.112. The monoisotopic (exact) mass is 371 g/mol. The minimum Gasteiger partial charge on any atom is -0.436 e. The van der Waals surface area contributed by atoms with Gasteiger partial charge in [-0.15, -0.1) is 0 Å². The fraction of sp³-hybridized carbons (Fsp3) is 0.467. The van der Waals surface area contributed by atoms with Crippen molar-refractivity contribution in [3.63, 3.8) is 0 Å². The molecule has 0 spiro atoms. The largest absolute Gasteiger partial charge is 0.436 e. The minimum atomic E-state index is -0.831. The molecule has 1 aromatic carbocycles. The van der Waals surface area contributed by atoms with E-state index in [2.05, 4.69) is 26.6 Å². The van der Waals surface area contributed by atoms with E-state index in [1.54, 1.807) is 24.3 Å². The van der Waals surface area contributed by atoms with Crippen LogP contribution < -0.4 is 16.4 Å². The molecule has 0 heterocycles. The van der Waals surface area contributed by atoms with E-state index in [0.29, 0.717) is 25.2 Å². The van der Waals surface area contributed by atoms with Crippen LogP contribution in [0.15, 0.2) is 28.7 Å². The van der Waals surface area contributed by atoms with E-state index in [1.807, 2.05) is 13.8 Å². The number of carbonyl (C=O) groups is 2. The average molecular weight is 372 g/mol. The molecule has 0 aliphatic rings. The molecular formula is C15H22BrN3O3. The summed E-state index contributed by atoms with van der Waals surface area (Å²) in [4.78, 5) is 23.9. The molecule has 22 heavy (non-hydrogen) atoms. The number of hydrogen-bond acceptors (Lipinski definition) is 4. The number of ether oxygens (including phenoxy) is 1. The van der Waals surface area contributed by atoms with Gasteiger partial charge in [-0.25, -0.2) is 4.79 Å². The lowest BCUT2D eigenvalue weighted by Crippen LogP contribution is -2.41. The van der Waals surface area contributed by atoms with Crippen molar-refractivity contribution in [2.24, 2.45) is 11.7 Å². The smallest absolute Gasteiger partial charge is 0.412 e. The van der Waals surface area contributed by atoms with E-state index in [1.165, 1.54) is 0 Å². The van der Waals surface area contributed by atoms with Gasteiger partial charge in [0.1, 0.15) is 0 Å². The Morgan fingerprint density at radius 3 is 2.45 bits per heavy atom. The van der Waals surface area contributed by atoms with Crippen LogP contribution in [0, 0.1) is 5.92 Å². The third-order valence-corrected chi connectivity index (χ3v) is 3.29. The van der Waals surface area contributed by atoms with E-state index < -0.39 is 12.2 Å². The Kier molecular flexibility index (Phi) is 7.90. The summed E-state index contributed by atoms with van der Waals surface area (Å²) in [5, 5.41) is 5.24. The van der Waals surface area contributed by atoms with Gasteiger partial charge in [-0.3, -0.25) is 10.1 Å². The SMILES string of the molecule is CC(C)C[C@H](OC(=O)Nc1ccc(Br)cc1)C(=O)NCCN. The van der Waals surface area contributed by atoms with Crippen molar-refractivity contribution in [3.8, 4) is 0 Å². The molecule has 0 fully saturated rings. The van der Waals surface area contributed by atoms with Gasteiger partial charge < -0.3 is 15.8 Å². The van der Waals surface area contributed by atoms with Crippen molar-refractivity contribution in [3.05, 3.63) is 28.7 Å². The summed E-state index contributed by atoms with van der Waals surface area (Å²) in [7, 11) is 0. The number of benzene rings is 1. The molecule has 0 saturated heterocycles. The number of halogens is 1. The van der Waals surface area contributed by atoms with Crippen LogP contribution in [0.5, 0.6) is 0 Å². The summed E-state index contributed by atoms with van der Waals surface area (Å²) in [6.45, 7) is 4.61. The molecule has 1 aromatic rings. The summed E-state index contributed by atoms with van der Waals surface area (Å²) in [5.41, 5.74) is 5.95. The number of nitrogens with two attached hydrogens (primary N) is 1. The predicted molar refractivity (Wildman–Crippen MR) is 89.6 cm³/mol. The molecule has 0 saturated carbocycles. The molecule has 1 atom stereocenters. The molecule has 2 amide bonds. The molecule has 4 N–H and O–H groups in total. The Morgan fingerprint density at radius 1 is 1.27 bits per heavy atom. The quantitative estimate of drug-likeness (QED) is 0.686. The van der Waals surface area contributed by atoms with Crippen molar-refractivity contribution in [2.45, 2.75) is 26.4 Å². The zero-order chi connectivity index (χ0) is 16.5. The van der Waals surface area contributed by atoms with Crippen LogP contribution in [0.4, 0.5) is 10.5 Å². The summed E-state index contributed by atoms with van der Waals surface area (Å²) in [6.07, 6.45) is -1.04. The molecule has 122 valence electrons. The molecule has 0 aliphatic carbocycles. The number of nitrogens with one attached hydrogen (secondary N) is 2. The van der Waals surface area contributed by atoms with Crippen LogP contribution in [0.1, 0.15) is 20.3 Å². The maximum atomic E-state index is 12.0. The maximum absolute atomic E-state index is 12.0. The second-order valence-electron chi connectivity index (χ2n) is 5.24. The van der Waals surface area contributed by atoms with Crippen LogP contribution in [0.2, 0.25) is 0 Å². The van der Waals surface area contributed by atoms with E-state index in [-0.39, 0.29) is 11.8 Å². The zero-order valence-corrected chi connectivity index (χ0v) is 14.4. The number of carbonyl (C=O) groups excluding carboxylic acids is 2. The van der Waals surface area contributed by atoms with Crippen LogP contribution in [0.25, 0.3) is 0 Å². The molecule has 0 aromatic heterocycles. The van der Waals surface area contributed by atoms with Gasteiger partial charge in [0, 0.05) is 23.2 Å². The van der Waals surface area contributed by atoms with Crippen LogP contribution in [0.3, 0.4) is 0 Å². The van der Waals surface area contributed by atoms with Crippen LogP contribution in [-0.2, 0) is 9.53 Å². The Bertz CT molecular complexity index is 491. The van der Waals surface area contributed by atoms with Crippen molar-refractivity contribution >= 4 is 33.6 Å². The molecule has 0 aliphatic heterocycles. The third kappa shape index (κ3) is 6.91. The third-order valence-electron chi connectivity index (χ3n) is 2.76. The summed E-state index contributed by atoms with van der Waals surface area (Å²) < 4.78 is 6.15. The fourth-order valence-corrected chi connectivity index (χ4v) is 2.02. The Balaban J connectivity index is 2.61. The van der Waals surface area contributed by atoms with Gasteiger partial charge in [-0.1, -0.05) is 29.8 Å². The summed E-state index contributed by atoms with van der Waals surface area (Å²) in [6, 6.07) is 7.07. The van der Waals surface area contributed by atoms with Gasteiger partial charge in [0.15, 0.2) is 6.10 Å². The lowest BCUT2D eigenvalue weighted by atomic mass is 10.1. The minimum absolute atomic E-state index is 0.217. The van der Waals surface area contributed by atoms with Crippen molar-refractivity contribution in [1.29, 1.82) is 0 Å². The predicted octanol–water partition coefficient (Wildman–Crippen LogP) is 2.49. The molecular weight excluding hydrogens is 350 g/mol. The highest BCUT2D eigenvalue weighted by atomic mass is 79.9. The first kappa shape index (κ1) is 18.4. The van der Waals surface area contributed by atoms with E-state index >= 15 is 0 Å². The lowest BCUT2D eigenvalue weighted by molar-refractivity contribution is -0.130. The van der Waals surface area contributed by atoms with Gasteiger partial charge in [-0.2, -0.15) is 0 Å². The normalized spacial score (nSPS) is 11.9. The van der Waals surface area contributed by atoms with Gasteiger partial charge in [0.05, 0.1) is 0 Å². The Morgan fingerprint density at radius 2 is 1.91 bits per heavy atom. The van der Waals surface area contributed by atoms with Gasteiger partial charge in [-0.05, 0) is 36.6 Å². The number of hydrogen-bond donors (Lipinski definition) is 3. The Labute approximate surface area is 138 Å². The van der Waals surface area contributed by atoms with Gasteiger partial charge in [0.25, 0.3) is 5.91 Å². The van der Waals surface area contributed by atoms with Crippen molar-refractivity contribution < 1.29 is 14.3 Å². The van der Waals surface area contributed by atoms with Gasteiger partial charge in [0.2, 0.25) is 0 Å². The topological polar surface area (TPSA) is 93.4 Å². The number of anilines is 1. The van der Waals surface area contributed by atoms with E-state index in [4.69, 9.17) is 10.5 Å². The molecule has 7 heteroatoms. The standard InChI is InChI=1S/C15H22BrN3O3/c1-10(2)9-13(14(20)18-8-7-17)22-15(21)19-12-5-3-11(16)4-6-12/h3-6,10,13H,7-9,17H2,1-2H3,(H,18,20)(H,19,21)/t13-/m0/s1. The highest BCUT2D eigenvalue weighted by molar-refractivity contribution is 9.10. The van der Waals surface area contributed by atoms with Crippen molar-refractivity contribution in [2.75, 3.05) is 18.4 Å².